The van der Waals surface area contributed by atoms with Gasteiger partial charge < -0.3 is 10.5 Å². The van der Waals surface area contributed by atoms with E-state index in [4.69, 9.17) is 10.5 Å². The molecule has 0 heterocycles. The van der Waals surface area contributed by atoms with Crippen LogP contribution in [0.25, 0.3) is 0 Å². The van der Waals surface area contributed by atoms with Gasteiger partial charge in [-0.25, -0.2) is 0 Å². The number of benzene rings is 2. The van der Waals surface area contributed by atoms with Crippen LogP contribution in [0.2, 0.25) is 0 Å². The predicted octanol–water partition coefficient (Wildman–Crippen LogP) is 4.36. The highest BCUT2D eigenvalue weighted by atomic mass is 79.9. The van der Waals surface area contributed by atoms with Gasteiger partial charge in [0.1, 0.15) is 11.5 Å². The molecule has 3 heteroatoms. The van der Waals surface area contributed by atoms with Crippen LogP contribution in [0.15, 0.2) is 40.9 Å². The Kier molecular flexibility index (Phi) is 4.61. The third-order valence-electron chi connectivity index (χ3n) is 3.22. The zero-order valence-corrected chi connectivity index (χ0v) is 12.8. The quantitative estimate of drug-likeness (QED) is 0.908. The summed E-state index contributed by atoms with van der Waals surface area (Å²) in [4.78, 5) is 0. The van der Waals surface area contributed by atoms with Crippen LogP contribution < -0.4 is 10.5 Å². The van der Waals surface area contributed by atoms with E-state index in [1.807, 2.05) is 24.3 Å². The molecule has 2 aromatic carbocycles. The van der Waals surface area contributed by atoms with E-state index in [0.717, 1.165) is 28.0 Å². The van der Waals surface area contributed by atoms with Crippen molar-refractivity contribution >= 4 is 15.9 Å². The van der Waals surface area contributed by atoms with E-state index < -0.39 is 0 Å². The van der Waals surface area contributed by atoms with Gasteiger partial charge in [-0.3, -0.25) is 0 Å². The van der Waals surface area contributed by atoms with Gasteiger partial charge in [-0.05, 0) is 61.7 Å². The van der Waals surface area contributed by atoms with Crippen LogP contribution in [0.4, 0.5) is 0 Å². The molecule has 100 valence electrons. The second-order valence-corrected chi connectivity index (χ2v) is 5.51. The van der Waals surface area contributed by atoms with Gasteiger partial charge in [-0.1, -0.05) is 34.1 Å². The molecule has 0 atom stereocenters. The monoisotopic (exact) mass is 319 g/mol. The summed E-state index contributed by atoms with van der Waals surface area (Å²) >= 11 is 3.48. The molecule has 0 fully saturated rings. The Morgan fingerprint density at radius 3 is 2.63 bits per heavy atom. The summed E-state index contributed by atoms with van der Waals surface area (Å²) in [6, 6.07) is 12.2. The second-order valence-electron chi connectivity index (χ2n) is 4.59. The van der Waals surface area contributed by atoms with Crippen molar-refractivity contribution in [3.8, 4) is 11.5 Å². The Hall–Kier alpha value is -1.32. The van der Waals surface area contributed by atoms with Crippen LogP contribution in [0.1, 0.15) is 16.7 Å². The van der Waals surface area contributed by atoms with E-state index in [9.17, 15) is 0 Å². The summed E-state index contributed by atoms with van der Waals surface area (Å²) in [7, 11) is 0. The molecule has 2 rings (SSSR count). The van der Waals surface area contributed by atoms with Gasteiger partial charge in [-0.15, -0.1) is 0 Å². The molecule has 2 N–H and O–H groups in total. The van der Waals surface area contributed by atoms with E-state index in [2.05, 4.69) is 41.9 Å². The van der Waals surface area contributed by atoms with Crippen molar-refractivity contribution in [1.29, 1.82) is 0 Å². The number of ether oxygens (including phenoxy) is 1. The molecule has 2 nitrogen and oxygen atoms in total. The average molecular weight is 320 g/mol. The van der Waals surface area contributed by atoms with Crippen molar-refractivity contribution < 1.29 is 4.74 Å². The molecule has 0 aliphatic rings. The first-order valence-corrected chi connectivity index (χ1v) is 7.13. The minimum absolute atomic E-state index is 0.616. The van der Waals surface area contributed by atoms with Crippen LogP contribution in [0.5, 0.6) is 11.5 Å². The van der Waals surface area contributed by atoms with Crippen LogP contribution in [-0.2, 0) is 6.42 Å². The predicted molar refractivity (Wildman–Crippen MR) is 82.9 cm³/mol. The lowest BCUT2D eigenvalue weighted by Gasteiger charge is -2.14. The molecule has 2 aromatic rings. The SMILES string of the molecule is Cc1cccc(Oc2cc(Br)ccc2CCN)c1C. The van der Waals surface area contributed by atoms with Crippen molar-refractivity contribution in [3.05, 3.63) is 57.6 Å². The van der Waals surface area contributed by atoms with Gasteiger partial charge in [0.2, 0.25) is 0 Å². The molecule has 0 amide bonds. The summed E-state index contributed by atoms with van der Waals surface area (Å²) < 4.78 is 7.08. The fourth-order valence-electron chi connectivity index (χ4n) is 1.94. The highest BCUT2D eigenvalue weighted by molar-refractivity contribution is 9.10. The van der Waals surface area contributed by atoms with E-state index in [0.29, 0.717) is 6.54 Å². The molecule has 0 unspecified atom stereocenters. The number of hydrogen-bond acceptors (Lipinski definition) is 2. The highest BCUT2D eigenvalue weighted by Crippen LogP contribution is 2.31. The molecular formula is C16H18BrNO. The molecule has 0 spiro atoms. The van der Waals surface area contributed by atoms with Gasteiger partial charge in [-0.2, -0.15) is 0 Å². The molecule has 0 saturated heterocycles. The lowest BCUT2D eigenvalue weighted by Crippen LogP contribution is -2.04. The molecule has 0 aliphatic carbocycles. The van der Waals surface area contributed by atoms with E-state index >= 15 is 0 Å². The number of hydrogen-bond donors (Lipinski definition) is 1. The smallest absolute Gasteiger partial charge is 0.131 e. The number of nitrogens with two attached hydrogens (primary N) is 1. The maximum Gasteiger partial charge on any atom is 0.131 e. The number of aryl methyl sites for hydroxylation is 1. The summed E-state index contributed by atoms with van der Waals surface area (Å²) in [6.45, 7) is 4.78. The Morgan fingerprint density at radius 2 is 1.89 bits per heavy atom. The Labute approximate surface area is 122 Å². The minimum Gasteiger partial charge on any atom is -0.457 e. The fourth-order valence-corrected chi connectivity index (χ4v) is 2.28. The largest absolute Gasteiger partial charge is 0.457 e. The lowest BCUT2D eigenvalue weighted by molar-refractivity contribution is 0.472. The molecule has 19 heavy (non-hydrogen) atoms. The minimum atomic E-state index is 0.616. The van der Waals surface area contributed by atoms with Crippen molar-refractivity contribution in [2.24, 2.45) is 5.73 Å². The van der Waals surface area contributed by atoms with Crippen LogP contribution in [0, 0.1) is 13.8 Å². The zero-order valence-electron chi connectivity index (χ0n) is 11.2. The molecule has 0 aliphatic heterocycles. The van der Waals surface area contributed by atoms with Gasteiger partial charge in [0.05, 0.1) is 0 Å². The summed E-state index contributed by atoms with van der Waals surface area (Å²) in [5.74, 6) is 1.77. The topological polar surface area (TPSA) is 35.2 Å². The van der Waals surface area contributed by atoms with E-state index in [1.165, 1.54) is 11.1 Å². The van der Waals surface area contributed by atoms with Crippen molar-refractivity contribution in [2.75, 3.05) is 6.54 Å². The van der Waals surface area contributed by atoms with Crippen LogP contribution in [-0.4, -0.2) is 6.54 Å². The Bertz CT molecular complexity index is 581. The van der Waals surface area contributed by atoms with Crippen LogP contribution >= 0.6 is 15.9 Å². The molecule has 0 saturated carbocycles. The van der Waals surface area contributed by atoms with Gasteiger partial charge in [0, 0.05) is 4.47 Å². The average Bonchev–Trinajstić information content (AvgIpc) is 2.38. The van der Waals surface area contributed by atoms with E-state index in [1.54, 1.807) is 0 Å². The third kappa shape index (κ3) is 3.37. The Morgan fingerprint density at radius 1 is 1.11 bits per heavy atom. The lowest BCUT2D eigenvalue weighted by atomic mass is 10.1. The van der Waals surface area contributed by atoms with Gasteiger partial charge >= 0.3 is 0 Å². The van der Waals surface area contributed by atoms with Crippen molar-refractivity contribution in [2.45, 2.75) is 20.3 Å². The van der Waals surface area contributed by atoms with Crippen molar-refractivity contribution in [1.82, 2.24) is 0 Å². The van der Waals surface area contributed by atoms with Gasteiger partial charge in [0.15, 0.2) is 0 Å². The summed E-state index contributed by atoms with van der Waals surface area (Å²) in [6.07, 6.45) is 0.813. The van der Waals surface area contributed by atoms with E-state index in [-0.39, 0.29) is 0 Å². The molecule has 0 bridgehead atoms. The third-order valence-corrected chi connectivity index (χ3v) is 3.71. The highest BCUT2D eigenvalue weighted by Gasteiger charge is 2.08. The van der Waals surface area contributed by atoms with Crippen LogP contribution in [0.3, 0.4) is 0 Å². The normalized spacial score (nSPS) is 10.5. The maximum absolute atomic E-state index is 6.07. The first kappa shape index (κ1) is 14.1. The summed E-state index contributed by atoms with van der Waals surface area (Å²) in [5.41, 5.74) is 9.18. The Balaban J connectivity index is 2.36. The maximum atomic E-state index is 6.07. The number of halogens is 1. The zero-order chi connectivity index (χ0) is 13.8. The molecule has 0 aromatic heterocycles. The molecular weight excluding hydrogens is 302 g/mol. The van der Waals surface area contributed by atoms with Crippen molar-refractivity contribution in [3.63, 3.8) is 0 Å². The first-order valence-electron chi connectivity index (χ1n) is 6.34. The summed E-state index contributed by atoms with van der Waals surface area (Å²) in [5, 5.41) is 0. The second kappa shape index (κ2) is 6.22. The fraction of sp³-hybridized carbons (Fsp3) is 0.250. The first-order chi connectivity index (χ1) is 9.11. The molecule has 0 radical (unpaired) electrons. The standard InChI is InChI=1S/C16H18BrNO/c1-11-4-3-5-15(12(11)2)19-16-10-14(17)7-6-13(16)8-9-18/h3-7,10H,8-9,18H2,1-2H3. The number of rotatable bonds is 4. The van der Waals surface area contributed by atoms with Gasteiger partial charge in [0.25, 0.3) is 0 Å².